The summed E-state index contributed by atoms with van der Waals surface area (Å²) in [7, 11) is -2.07. The van der Waals surface area contributed by atoms with Crippen LogP contribution in [0, 0.1) is 0 Å². The molecule has 12 heteroatoms. The van der Waals surface area contributed by atoms with Gasteiger partial charge >= 0.3 is 0 Å². The van der Waals surface area contributed by atoms with Crippen LogP contribution in [0.2, 0.25) is 0 Å². The molecule has 1 aliphatic heterocycles. The van der Waals surface area contributed by atoms with E-state index < -0.39 is 15.4 Å². The number of hydrogen-bond acceptors (Lipinski definition) is 10. The monoisotopic (exact) mass is 527 g/mol. The molecule has 1 aliphatic rings. The van der Waals surface area contributed by atoms with Gasteiger partial charge in [0.05, 0.1) is 17.5 Å². The Hall–Kier alpha value is -3.77. The van der Waals surface area contributed by atoms with Crippen molar-refractivity contribution in [1.82, 2.24) is 15.0 Å². The van der Waals surface area contributed by atoms with Gasteiger partial charge in [0.15, 0.2) is 20.6 Å². The van der Waals surface area contributed by atoms with Crippen molar-refractivity contribution in [2.75, 3.05) is 30.6 Å². The number of anilines is 3. The molecule has 0 saturated carbocycles. The predicted octanol–water partition coefficient (Wildman–Crippen LogP) is 3.90. The van der Waals surface area contributed by atoms with Gasteiger partial charge in [-0.05, 0) is 50.6 Å². The van der Waals surface area contributed by atoms with Crippen LogP contribution in [0.1, 0.15) is 39.4 Å². The van der Waals surface area contributed by atoms with Crippen LogP contribution < -0.4 is 20.1 Å². The van der Waals surface area contributed by atoms with Crippen LogP contribution in [-0.4, -0.2) is 54.9 Å². The summed E-state index contributed by atoms with van der Waals surface area (Å²) in [6.45, 7) is 7.38. The van der Waals surface area contributed by atoms with E-state index in [2.05, 4.69) is 25.6 Å². The zero-order chi connectivity index (χ0) is 27.0. The van der Waals surface area contributed by atoms with Crippen LogP contribution in [0.4, 0.5) is 17.3 Å². The Morgan fingerprint density at radius 1 is 1.16 bits per heavy atom. The summed E-state index contributed by atoms with van der Waals surface area (Å²) in [5, 5.41) is 5.73. The van der Waals surface area contributed by atoms with E-state index in [1.807, 2.05) is 13.8 Å². The number of methoxy groups -OCH3 is 1. The van der Waals surface area contributed by atoms with E-state index in [0.717, 1.165) is 6.26 Å². The Morgan fingerprint density at radius 2 is 1.92 bits per heavy atom. The molecule has 37 heavy (non-hydrogen) atoms. The number of ether oxygens (including phenoxy) is 3. The number of carbonyl (C=O) groups excluding carboxylic acids is 1. The van der Waals surface area contributed by atoms with Gasteiger partial charge in [-0.1, -0.05) is 0 Å². The highest BCUT2D eigenvalue weighted by Crippen LogP contribution is 2.38. The molecule has 0 aliphatic carbocycles. The zero-order valence-corrected chi connectivity index (χ0v) is 22.3. The van der Waals surface area contributed by atoms with E-state index in [-0.39, 0.29) is 22.9 Å². The molecular weight excluding hydrogens is 498 g/mol. The second kappa shape index (κ2) is 9.94. The van der Waals surface area contributed by atoms with E-state index >= 15 is 0 Å². The molecule has 4 rings (SSSR count). The average Bonchev–Trinajstić information content (AvgIpc) is 2.81. The molecule has 0 aromatic carbocycles. The summed E-state index contributed by atoms with van der Waals surface area (Å²) >= 11 is 0. The highest BCUT2D eigenvalue weighted by atomic mass is 32.2. The second-order valence-electron chi connectivity index (χ2n) is 9.35. The third kappa shape index (κ3) is 6.15. The average molecular weight is 528 g/mol. The van der Waals surface area contributed by atoms with Crippen molar-refractivity contribution in [3.63, 3.8) is 0 Å². The summed E-state index contributed by atoms with van der Waals surface area (Å²) in [4.78, 5) is 24.9. The zero-order valence-electron chi connectivity index (χ0n) is 21.4. The summed E-state index contributed by atoms with van der Waals surface area (Å²) in [5.74, 6) is 1.14. The number of carbonyl (C=O) groups is 1. The summed E-state index contributed by atoms with van der Waals surface area (Å²) in [6, 6.07) is 8.33. The number of pyridine rings is 3. The van der Waals surface area contributed by atoms with Crippen LogP contribution in [0.3, 0.4) is 0 Å². The number of sulfone groups is 1. The molecule has 0 saturated heterocycles. The fraction of sp³-hybridized carbons (Fsp3) is 0.360. The van der Waals surface area contributed by atoms with E-state index in [9.17, 15) is 13.2 Å². The van der Waals surface area contributed by atoms with Crippen molar-refractivity contribution < 1.29 is 27.4 Å². The predicted molar refractivity (Wildman–Crippen MR) is 138 cm³/mol. The minimum absolute atomic E-state index is 0.103. The molecule has 4 heterocycles. The highest BCUT2D eigenvalue weighted by Gasteiger charge is 2.29. The van der Waals surface area contributed by atoms with Gasteiger partial charge in [0.25, 0.3) is 5.88 Å². The molecular formula is C25H29N5O6S. The van der Waals surface area contributed by atoms with E-state index in [0.29, 0.717) is 46.6 Å². The number of amides is 1. The largest absolute Gasteiger partial charge is 0.484 e. The van der Waals surface area contributed by atoms with Crippen molar-refractivity contribution in [2.45, 2.75) is 44.4 Å². The van der Waals surface area contributed by atoms with E-state index in [1.54, 1.807) is 37.4 Å². The number of aromatic nitrogens is 3. The van der Waals surface area contributed by atoms with Crippen molar-refractivity contribution in [2.24, 2.45) is 0 Å². The summed E-state index contributed by atoms with van der Waals surface area (Å²) < 4.78 is 41.8. The van der Waals surface area contributed by atoms with Crippen LogP contribution >= 0.6 is 0 Å². The standard InChI is InChI=1S/C25H29N5O6S/c1-14(34-5)16-9-22(30-23(10-16)37(6,32)33)28-19-11-21(27-15(2)31)26-12-17(19)18-7-8-20-24(29-18)36-25(3,4)13-35-20/h7-12,14H,13H2,1-6H3,(H2,26,27,28,30,31)/t14-/m0/s1. The summed E-state index contributed by atoms with van der Waals surface area (Å²) in [5.41, 5.74) is 1.65. The topological polar surface area (TPSA) is 142 Å². The van der Waals surface area contributed by atoms with Gasteiger partial charge in [0.1, 0.15) is 23.8 Å². The van der Waals surface area contributed by atoms with Gasteiger partial charge in [0, 0.05) is 38.1 Å². The summed E-state index contributed by atoms with van der Waals surface area (Å²) in [6.07, 6.45) is 2.27. The second-order valence-corrected chi connectivity index (χ2v) is 11.3. The number of hydrogen-bond donors (Lipinski definition) is 2. The quantitative estimate of drug-likeness (QED) is 0.464. The van der Waals surface area contributed by atoms with Crippen molar-refractivity contribution in [3.8, 4) is 22.9 Å². The molecule has 0 unspecified atom stereocenters. The van der Waals surface area contributed by atoms with Gasteiger partial charge in [-0.15, -0.1) is 0 Å². The molecule has 3 aromatic heterocycles. The van der Waals surface area contributed by atoms with Crippen LogP contribution in [0.5, 0.6) is 11.6 Å². The maximum atomic E-state index is 12.3. The minimum Gasteiger partial charge on any atom is -0.484 e. The molecule has 196 valence electrons. The first kappa shape index (κ1) is 26.3. The van der Waals surface area contributed by atoms with Gasteiger partial charge in [-0.2, -0.15) is 0 Å². The van der Waals surface area contributed by atoms with Crippen molar-refractivity contribution in [3.05, 3.63) is 42.1 Å². The van der Waals surface area contributed by atoms with Crippen LogP contribution in [0.25, 0.3) is 11.3 Å². The fourth-order valence-corrected chi connectivity index (χ4v) is 4.22. The van der Waals surface area contributed by atoms with Gasteiger partial charge < -0.3 is 24.8 Å². The van der Waals surface area contributed by atoms with E-state index in [1.165, 1.54) is 20.1 Å². The maximum absolute atomic E-state index is 12.3. The molecule has 1 atom stereocenters. The third-order valence-corrected chi connectivity index (χ3v) is 6.52. The Balaban J connectivity index is 1.82. The van der Waals surface area contributed by atoms with Crippen molar-refractivity contribution >= 4 is 33.1 Å². The Morgan fingerprint density at radius 3 is 2.59 bits per heavy atom. The van der Waals surface area contributed by atoms with Gasteiger partial charge in [-0.3, -0.25) is 4.79 Å². The van der Waals surface area contributed by atoms with Crippen molar-refractivity contribution in [1.29, 1.82) is 0 Å². The molecule has 3 aromatic rings. The first-order chi connectivity index (χ1) is 17.3. The Bertz CT molecular complexity index is 1460. The fourth-order valence-electron chi connectivity index (χ4n) is 3.60. The normalized spacial score (nSPS) is 15.1. The smallest absolute Gasteiger partial charge is 0.258 e. The lowest BCUT2D eigenvalue weighted by atomic mass is 10.1. The Labute approximate surface area is 215 Å². The highest BCUT2D eigenvalue weighted by molar-refractivity contribution is 7.90. The number of fused-ring (bicyclic) bond motifs is 1. The molecule has 0 spiro atoms. The third-order valence-electron chi connectivity index (χ3n) is 5.55. The number of rotatable bonds is 7. The SMILES string of the molecule is CO[C@@H](C)c1cc(Nc2cc(NC(C)=O)ncc2-c2ccc3c(n2)OC(C)(C)CO3)nc(S(C)(=O)=O)c1. The van der Waals surface area contributed by atoms with Gasteiger partial charge in [-0.25, -0.2) is 23.4 Å². The molecule has 2 N–H and O–H groups in total. The lowest BCUT2D eigenvalue weighted by molar-refractivity contribution is -0.114. The lowest BCUT2D eigenvalue weighted by Crippen LogP contribution is -2.39. The molecule has 1 amide bonds. The van der Waals surface area contributed by atoms with Gasteiger partial charge in [0.2, 0.25) is 5.91 Å². The lowest BCUT2D eigenvalue weighted by Gasteiger charge is -2.31. The molecule has 0 fully saturated rings. The first-order valence-electron chi connectivity index (χ1n) is 11.5. The number of nitrogens with one attached hydrogen (secondary N) is 2. The van der Waals surface area contributed by atoms with Crippen LogP contribution in [0.15, 0.2) is 41.6 Å². The first-order valence-corrected chi connectivity index (χ1v) is 13.4. The molecule has 0 radical (unpaired) electrons. The molecule has 11 nitrogen and oxygen atoms in total. The maximum Gasteiger partial charge on any atom is 0.258 e. The minimum atomic E-state index is -3.61. The Kier molecular flexibility index (Phi) is 7.07. The molecule has 0 bridgehead atoms. The number of nitrogens with zero attached hydrogens (tertiary/aromatic N) is 3. The van der Waals surface area contributed by atoms with Crippen LogP contribution in [-0.2, 0) is 19.4 Å². The van der Waals surface area contributed by atoms with E-state index in [4.69, 9.17) is 14.2 Å².